The Labute approximate surface area is 160 Å². The fourth-order valence-electron chi connectivity index (χ4n) is 3.20. The molecule has 8 heteroatoms. The lowest BCUT2D eigenvalue weighted by Gasteiger charge is -2.11. The number of rotatable bonds is 4. The number of H-pyrrole nitrogens is 1. The van der Waals surface area contributed by atoms with Crippen LogP contribution in [0.2, 0.25) is 0 Å². The monoisotopic (exact) mass is 371 g/mol. The van der Waals surface area contributed by atoms with Crippen LogP contribution in [0.1, 0.15) is 12.8 Å². The number of aromatic nitrogens is 5. The topological polar surface area (TPSA) is 122 Å². The summed E-state index contributed by atoms with van der Waals surface area (Å²) in [5, 5.41) is 11.3. The van der Waals surface area contributed by atoms with E-state index < -0.39 is 0 Å². The molecule has 1 amide bonds. The van der Waals surface area contributed by atoms with Gasteiger partial charge in [-0.1, -0.05) is 0 Å². The summed E-state index contributed by atoms with van der Waals surface area (Å²) in [7, 11) is 0. The standard InChI is InChI=1S/C20H17N7O/c21-19-15-10-23-18(27-20(28)11-1-2-11)6-12(15)5-17(26-19)16-9-22-4-3-14(16)13-7-24-25-8-13/h3-11H,1-2H2,(H2,21,26)(H,24,25)(H,23,27,28). The summed E-state index contributed by atoms with van der Waals surface area (Å²) < 4.78 is 0. The Morgan fingerprint density at radius 1 is 1.18 bits per heavy atom. The van der Waals surface area contributed by atoms with Crippen molar-refractivity contribution in [3.8, 4) is 22.4 Å². The molecule has 8 nitrogen and oxygen atoms in total. The lowest BCUT2D eigenvalue weighted by Crippen LogP contribution is -2.14. The number of hydrogen-bond donors (Lipinski definition) is 3. The van der Waals surface area contributed by atoms with Gasteiger partial charge in [-0.2, -0.15) is 5.10 Å². The maximum absolute atomic E-state index is 12.0. The third-order valence-electron chi connectivity index (χ3n) is 4.85. The number of carbonyl (C=O) groups excluding carboxylic acids is 1. The summed E-state index contributed by atoms with van der Waals surface area (Å²) in [5.74, 6) is 1.02. The van der Waals surface area contributed by atoms with Crippen molar-refractivity contribution in [3.05, 3.63) is 49.2 Å². The van der Waals surface area contributed by atoms with Gasteiger partial charge < -0.3 is 11.1 Å². The minimum absolute atomic E-state index is 0.0172. The summed E-state index contributed by atoms with van der Waals surface area (Å²) in [6.07, 6.45) is 10.6. The molecule has 4 aromatic rings. The van der Waals surface area contributed by atoms with E-state index in [1.54, 1.807) is 24.8 Å². The SMILES string of the molecule is Nc1nc(-c2cnccc2-c2cn[nH]c2)cc2cc(NC(=O)C3CC3)ncc12. The summed E-state index contributed by atoms with van der Waals surface area (Å²) in [5.41, 5.74) is 9.62. The molecule has 0 atom stereocenters. The van der Waals surface area contributed by atoms with Gasteiger partial charge >= 0.3 is 0 Å². The average Bonchev–Trinajstić information content (AvgIpc) is 3.42. The number of carbonyl (C=O) groups is 1. The van der Waals surface area contributed by atoms with Gasteiger partial charge in [0.05, 0.1) is 11.9 Å². The highest BCUT2D eigenvalue weighted by Gasteiger charge is 2.29. The first-order chi connectivity index (χ1) is 13.7. The van der Waals surface area contributed by atoms with E-state index in [1.807, 2.05) is 24.4 Å². The highest BCUT2D eigenvalue weighted by Crippen LogP contribution is 2.34. The van der Waals surface area contributed by atoms with Crippen LogP contribution < -0.4 is 11.1 Å². The van der Waals surface area contributed by atoms with E-state index in [2.05, 4.69) is 30.5 Å². The van der Waals surface area contributed by atoms with Crippen molar-refractivity contribution in [3.63, 3.8) is 0 Å². The van der Waals surface area contributed by atoms with Crippen LogP contribution in [0.25, 0.3) is 33.2 Å². The van der Waals surface area contributed by atoms with Crippen molar-refractivity contribution in [2.24, 2.45) is 5.92 Å². The summed E-state index contributed by atoms with van der Waals surface area (Å²) >= 11 is 0. The maximum atomic E-state index is 12.0. The first-order valence-electron chi connectivity index (χ1n) is 9.00. The molecule has 0 unspecified atom stereocenters. The number of nitrogens with two attached hydrogens (primary N) is 1. The van der Waals surface area contributed by atoms with E-state index in [0.717, 1.165) is 40.3 Å². The van der Waals surface area contributed by atoms with E-state index in [1.165, 1.54) is 0 Å². The molecule has 0 aliphatic heterocycles. The quantitative estimate of drug-likeness (QED) is 0.507. The Morgan fingerprint density at radius 2 is 2.07 bits per heavy atom. The Bertz CT molecular complexity index is 1180. The minimum atomic E-state index is 0.0172. The highest BCUT2D eigenvalue weighted by molar-refractivity contribution is 5.98. The summed E-state index contributed by atoms with van der Waals surface area (Å²) in [6.45, 7) is 0. The lowest BCUT2D eigenvalue weighted by molar-refractivity contribution is -0.117. The number of nitrogens with zero attached hydrogens (tertiary/aromatic N) is 4. The number of aromatic amines is 1. The van der Waals surface area contributed by atoms with Gasteiger partial charge in [0, 0.05) is 47.2 Å². The molecule has 1 aliphatic rings. The number of pyridine rings is 3. The van der Waals surface area contributed by atoms with Crippen LogP contribution in [0.5, 0.6) is 0 Å². The molecule has 1 aliphatic carbocycles. The van der Waals surface area contributed by atoms with Gasteiger partial charge in [-0.25, -0.2) is 9.97 Å². The van der Waals surface area contributed by atoms with Crippen LogP contribution in [0.15, 0.2) is 49.2 Å². The van der Waals surface area contributed by atoms with Gasteiger partial charge in [-0.15, -0.1) is 0 Å². The zero-order valence-corrected chi connectivity index (χ0v) is 14.9. The number of nitrogens with one attached hydrogen (secondary N) is 2. The molecule has 138 valence electrons. The third-order valence-corrected chi connectivity index (χ3v) is 4.85. The van der Waals surface area contributed by atoms with E-state index in [4.69, 9.17) is 5.73 Å². The van der Waals surface area contributed by atoms with Crippen LogP contribution in [-0.4, -0.2) is 31.1 Å². The number of nitrogen functional groups attached to an aromatic ring is 1. The predicted molar refractivity (Wildman–Crippen MR) is 106 cm³/mol. The van der Waals surface area contributed by atoms with Crippen molar-refractivity contribution in [1.82, 2.24) is 25.1 Å². The van der Waals surface area contributed by atoms with Crippen molar-refractivity contribution < 1.29 is 4.79 Å². The molecule has 4 heterocycles. The number of anilines is 2. The molecular weight excluding hydrogens is 354 g/mol. The van der Waals surface area contributed by atoms with E-state index >= 15 is 0 Å². The largest absolute Gasteiger partial charge is 0.383 e. The van der Waals surface area contributed by atoms with Crippen molar-refractivity contribution >= 4 is 28.3 Å². The molecular formula is C20H17N7O. The van der Waals surface area contributed by atoms with Crippen LogP contribution in [0, 0.1) is 5.92 Å². The fourth-order valence-corrected chi connectivity index (χ4v) is 3.20. The van der Waals surface area contributed by atoms with Crippen LogP contribution >= 0.6 is 0 Å². The Hall–Kier alpha value is -3.81. The molecule has 0 radical (unpaired) electrons. The van der Waals surface area contributed by atoms with Crippen molar-refractivity contribution in [1.29, 1.82) is 0 Å². The minimum Gasteiger partial charge on any atom is -0.383 e. The van der Waals surface area contributed by atoms with E-state index in [9.17, 15) is 4.79 Å². The molecule has 0 spiro atoms. The number of hydrogen-bond acceptors (Lipinski definition) is 6. The molecule has 1 saturated carbocycles. The summed E-state index contributed by atoms with van der Waals surface area (Å²) in [6, 6.07) is 5.67. The lowest BCUT2D eigenvalue weighted by atomic mass is 10.0. The molecule has 28 heavy (non-hydrogen) atoms. The molecule has 0 saturated heterocycles. The maximum Gasteiger partial charge on any atom is 0.228 e. The molecule has 4 N–H and O–H groups in total. The number of amides is 1. The van der Waals surface area contributed by atoms with Gasteiger partial charge in [0.2, 0.25) is 5.91 Å². The average molecular weight is 371 g/mol. The first kappa shape index (κ1) is 16.4. The van der Waals surface area contributed by atoms with Gasteiger partial charge in [0.15, 0.2) is 0 Å². The Kier molecular flexibility index (Phi) is 3.75. The molecule has 0 bridgehead atoms. The summed E-state index contributed by atoms with van der Waals surface area (Å²) in [4.78, 5) is 25.1. The first-order valence-corrected chi connectivity index (χ1v) is 9.00. The number of fused-ring (bicyclic) bond motifs is 1. The van der Waals surface area contributed by atoms with E-state index in [0.29, 0.717) is 17.3 Å². The molecule has 4 aromatic heterocycles. The second-order valence-corrected chi connectivity index (χ2v) is 6.86. The fraction of sp³-hybridized carbons (Fsp3) is 0.150. The third kappa shape index (κ3) is 2.94. The highest BCUT2D eigenvalue weighted by atomic mass is 16.2. The molecule has 1 fully saturated rings. The zero-order chi connectivity index (χ0) is 19.1. The Balaban J connectivity index is 1.60. The smallest absolute Gasteiger partial charge is 0.228 e. The van der Waals surface area contributed by atoms with Gasteiger partial charge in [-0.3, -0.25) is 14.9 Å². The van der Waals surface area contributed by atoms with Crippen molar-refractivity contribution in [2.75, 3.05) is 11.1 Å². The second kappa shape index (κ2) is 6.41. The van der Waals surface area contributed by atoms with E-state index in [-0.39, 0.29) is 11.8 Å². The molecule has 0 aromatic carbocycles. The zero-order valence-electron chi connectivity index (χ0n) is 14.9. The van der Waals surface area contributed by atoms with Gasteiger partial charge in [-0.05, 0) is 42.0 Å². The van der Waals surface area contributed by atoms with Crippen molar-refractivity contribution in [2.45, 2.75) is 12.8 Å². The van der Waals surface area contributed by atoms with Crippen LogP contribution in [0.3, 0.4) is 0 Å². The van der Waals surface area contributed by atoms with Crippen LogP contribution in [0.4, 0.5) is 11.6 Å². The molecule has 5 rings (SSSR count). The Morgan fingerprint density at radius 3 is 2.86 bits per heavy atom. The normalized spacial score (nSPS) is 13.6. The predicted octanol–water partition coefficient (Wildman–Crippen LogP) is 3.01. The van der Waals surface area contributed by atoms with Gasteiger partial charge in [0.25, 0.3) is 0 Å². The second-order valence-electron chi connectivity index (χ2n) is 6.86. The van der Waals surface area contributed by atoms with Crippen LogP contribution in [-0.2, 0) is 4.79 Å². The van der Waals surface area contributed by atoms with Gasteiger partial charge in [0.1, 0.15) is 11.6 Å².